The molecule has 0 aliphatic carbocycles. The second-order valence-electron chi connectivity index (χ2n) is 7.18. The number of benzene rings is 1. The van der Waals surface area contributed by atoms with Gasteiger partial charge in [-0.2, -0.15) is 5.10 Å². The molecule has 1 amide bonds. The summed E-state index contributed by atoms with van der Waals surface area (Å²) in [7, 11) is 3.03. The van der Waals surface area contributed by atoms with Gasteiger partial charge in [-0.25, -0.2) is 0 Å². The van der Waals surface area contributed by atoms with E-state index in [1.54, 1.807) is 18.2 Å². The Labute approximate surface area is 171 Å². The monoisotopic (exact) mass is 403 g/mol. The summed E-state index contributed by atoms with van der Waals surface area (Å²) < 4.78 is 17.4. The van der Waals surface area contributed by atoms with Crippen molar-refractivity contribution in [3.63, 3.8) is 0 Å². The van der Waals surface area contributed by atoms with Crippen molar-refractivity contribution in [2.75, 3.05) is 26.1 Å². The zero-order valence-corrected chi connectivity index (χ0v) is 17.9. The molecular formula is C21H29N3O5. The molecule has 1 aromatic carbocycles. The van der Waals surface area contributed by atoms with Crippen LogP contribution < -0.4 is 14.8 Å². The molecule has 0 atom stereocenters. The summed E-state index contributed by atoms with van der Waals surface area (Å²) in [5.74, 6) is 0.559. The van der Waals surface area contributed by atoms with E-state index in [0.29, 0.717) is 23.1 Å². The van der Waals surface area contributed by atoms with Crippen LogP contribution in [0.4, 0.5) is 5.69 Å². The number of carbonyl (C=O) groups is 2. The SMILES string of the molecule is COc1ccc(OC)c(NC(=O)COC(=O)Cc2c(C)nn(CC(C)C)c2C)c1. The van der Waals surface area contributed by atoms with Crippen LogP contribution in [-0.4, -0.2) is 42.5 Å². The highest BCUT2D eigenvalue weighted by Crippen LogP contribution is 2.28. The molecule has 0 radical (unpaired) electrons. The summed E-state index contributed by atoms with van der Waals surface area (Å²) in [6.45, 7) is 8.42. The molecule has 29 heavy (non-hydrogen) atoms. The number of ether oxygens (including phenoxy) is 3. The van der Waals surface area contributed by atoms with Gasteiger partial charge in [0.25, 0.3) is 5.91 Å². The molecular weight excluding hydrogens is 374 g/mol. The highest BCUT2D eigenvalue weighted by molar-refractivity contribution is 5.94. The van der Waals surface area contributed by atoms with Crippen LogP contribution in [-0.2, 0) is 27.3 Å². The number of aryl methyl sites for hydroxylation is 1. The zero-order valence-electron chi connectivity index (χ0n) is 17.9. The molecule has 0 spiro atoms. The first kappa shape index (κ1) is 22.3. The third kappa shape index (κ3) is 5.97. The fourth-order valence-electron chi connectivity index (χ4n) is 2.95. The first-order valence-electron chi connectivity index (χ1n) is 9.45. The Morgan fingerprint density at radius 1 is 1.17 bits per heavy atom. The highest BCUT2D eigenvalue weighted by atomic mass is 16.5. The second kappa shape index (κ2) is 9.95. The third-order valence-corrected chi connectivity index (χ3v) is 4.44. The van der Waals surface area contributed by atoms with Crippen molar-refractivity contribution in [1.29, 1.82) is 0 Å². The summed E-state index contributed by atoms with van der Waals surface area (Å²) in [6.07, 6.45) is 0.0749. The number of anilines is 1. The molecule has 0 saturated heterocycles. The largest absolute Gasteiger partial charge is 0.497 e. The summed E-state index contributed by atoms with van der Waals surface area (Å²) in [4.78, 5) is 24.4. The number of methoxy groups -OCH3 is 2. The van der Waals surface area contributed by atoms with Crippen molar-refractivity contribution < 1.29 is 23.8 Å². The average molecular weight is 403 g/mol. The van der Waals surface area contributed by atoms with Gasteiger partial charge in [-0.3, -0.25) is 14.3 Å². The Morgan fingerprint density at radius 2 is 1.90 bits per heavy atom. The molecule has 0 aliphatic heterocycles. The minimum absolute atomic E-state index is 0.0749. The van der Waals surface area contributed by atoms with E-state index in [-0.39, 0.29) is 6.42 Å². The molecule has 0 bridgehead atoms. The van der Waals surface area contributed by atoms with E-state index in [1.165, 1.54) is 14.2 Å². The third-order valence-electron chi connectivity index (χ3n) is 4.44. The molecule has 0 saturated carbocycles. The Kier molecular flexibility index (Phi) is 7.64. The molecule has 1 N–H and O–H groups in total. The number of hydrogen-bond acceptors (Lipinski definition) is 6. The predicted octanol–water partition coefficient (Wildman–Crippen LogP) is 2.90. The maximum Gasteiger partial charge on any atom is 0.310 e. The van der Waals surface area contributed by atoms with Crippen molar-refractivity contribution in [3.05, 3.63) is 35.2 Å². The minimum Gasteiger partial charge on any atom is -0.497 e. The van der Waals surface area contributed by atoms with Gasteiger partial charge in [0.2, 0.25) is 0 Å². The van der Waals surface area contributed by atoms with Crippen LogP contribution in [0.3, 0.4) is 0 Å². The van der Waals surface area contributed by atoms with Crippen LogP contribution in [0.5, 0.6) is 11.5 Å². The van der Waals surface area contributed by atoms with Gasteiger partial charge in [0.15, 0.2) is 6.61 Å². The average Bonchev–Trinajstić information content (AvgIpc) is 2.93. The Balaban J connectivity index is 1.95. The summed E-state index contributed by atoms with van der Waals surface area (Å²) in [5.41, 5.74) is 3.02. The second-order valence-corrected chi connectivity index (χ2v) is 7.18. The predicted molar refractivity (Wildman–Crippen MR) is 109 cm³/mol. The number of esters is 1. The normalized spacial score (nSPS) is 10.7. The fourth-order valence-corrected chi connectivity index (χ4v) is 2.95. The van der Waals surface area contributed by atoms with Crippen molar-refractivity contribution in [1.82, 2.24) is 9.78 Å². The van der Waals surface area contributed by atoms with Gasteiger partial charge in [-0.15, -0.1) is 0 Å². The van der Waals surface area contributed by atoms with E-state index < -0.39 is 18.5 Å². The Hall–Kier alpha value is -3.03. The van der Waals surface area contributed by atoms with Crippen molar-refractivity contribution >= 4 is 17.6 Å². The van der Waals surface area contributed by atoms with Crippen LogP contribution >= 0.6 is 0 Å². The van der Waals surface area contributed by atoms with E-state index in [4.69, 9.17) is 14.2 Å². The molecule has 1 heterocycles. The lowest BCUT2D eigenvalue weighted by Gasteiger charge is -2.12. The van der Waals surface area contributed by atoms with Gasteiger partial charge in [-0.05, 0) is 31.9 Å². The number of carbonyl (C=O) groups excluding carboxylic acids is 2. The van der Waals surface area contributed by atoms with Gasteiger partial charge < -0.3 is 19.5 Å². The first-order chi connectivity index (χ1) is 13.7. The van der Waals surface area contributed by atoms with Crippen LogP contribution in [0, 0.1) is 19.8 Å². The zero-order chi connectivity index (χ0) is 21.6. The lowest BCUT2D eigenvalue weighted by atomic mass is 10.1. The quantitative estimate of drug-likeness (QED) is 0.648. The van der Waals surface area contributed by atoms with Crippen molar-refractivity contribution in [2.24, 2.45) is 5.92 Å². The molecule has 158 valence electrons. The molecule has 2 aromatic rings. The first-order valence-corrected chi connectivity index (χ1v) is 9.45. The molecule has 8 nitrogen and oxygen atoms in total. The van der Waals surface area contributed by atoms with E-state index in [9.17, 15) is 9.59 Å². The van der Waals surface area contributed by atoms with Gasteiger partial charge >= 0.3 is 5.97 Å². The van der Waals surface area contributed by atoms with E-state index in [1.807, 2.05) is 18.5 Å². The standard InChI is InChI=1S/C21H29N3O5/c1-13(2)11-24-15(4)17(14(3)23-24)10-21(26)29-12-20(25)22-18-9-16(27-5)7-8-19(18)28-6/h7-9,13H,10-12H2,1-6H3,(H,22,25). The molecule has 2 rings (SSSR count). The number of hydrogen-bond donors (Lipinski definition) is 1. The van der Waals surface area contributed by atoms with E-state index in [0.717, 1.165) is 23.5 Å². The number of rotatable bonds is 9. The Bertz CT molecular complexity index is 873. The molecule has 1 aromatic heterocycles. The van der Waals surface area contributed by atoms with Crippen molar-refractivity contribution in [2.45, 2.75) is 40.7 Å². The number of amides is 1. The molecule has 0 aliphatic rings. The lowest BCUT2D eigenvalue weighted by molar-refractivity contribution is -0.146. The molecule has 0 unspecified atom stereocenters. The highest BCUT2D eigenvalue weighted by Gasteiger charge is 2.17. The molecule has 0 fully saturated rings. The van der Waals surface area contributed by atoms with Gasteiger partial charge in [0.05, 0.1) is 32.0 Å². The van der Waals surface area contributed by atoms with Crippen LogP contribution in [0.1, 0.15) is 30.8 Å². The van der Waals surface area contributed by atoms with Crippen molar-refractivity contribution in [3.8, 4) is 11.5 Å². The van der Waals surface area contributed by atoms with Crippen LogP contribution in [0.25, 0.3) is 0 Å². The summed E-state index contributed by atoms with van der Waals surface area (Å²) >= 11 is 0. The van der Waals surface area contributed by atoms with Gasteiger partial charge in [0, 0.05) is 23.9 Å². The summed E-state index contributed by atoms with van der Waals surface area (Å²) in [6, 6.07) is 5.04. The topological polar surface area (TPSA) is 91.7 Å². The molecule has 8 heteroatoms. The van der Waals surface area contributed by atoms with E-state index in [2.05, 4.69) is 24.3 Å². The lowest BCUT2D eigenvalue weighted by Crippen LogP contribution is -2.22. The maximum atomic E-state index is 12.2. The number of nitrogens with one attached hydrogen (secondary N) is 1. The number of nitrogens with zero attached hydrogens (tertiary/aromatic N) is 2. The maximum absolute atomic E-state index is 12.2. The fraction of sp³-hybridized carbons (Fsp3) is 0.476. The Morgan fingerprint density at radius 3 is 2.52 bits per heavy atom. The van der Waals surface area contributed by atoms with Crippen LogP contribution in [0.2, 0.25) is 0 Å². The van der Waals surface area contributed by atoms with Gasteiger partial charge in [-0.1, -0.05) is 13.8 Å². The van der Waals surface area contributed by atoms with Crippen LogP contribution in [0.15, 0.2) is 18.2 Å². The van der Waals surface area contributed by atoms with Gasteiger partial charge in [0.1, 0.15) is 11.5 Å². The summed E-state index contributed by atoms with van der Waals surface area (Å²) in [5, 5.41) is 7.16. The minimum atomic E-state index is -0.479. The van der Waals surface area contributed by atoms with E-state index >= 15 is 0 Å². The smallest absolute Gasteiger partial charge is 0.310 e. The number of aromatic nitrogens is 2.